The molecule has 5 rings (SSSR count). The molecule has 0 aliphatic heterocycles. The molecule has 0 amide bonds. The second-order valence-electron chi connectivity index (χ2n) is 6.22. The van der Waals surface area contributed by atoms with Crippen molar-refractivity contribution < 1.29 is 0 Å². The molecule has 1 aliphatic rings. The molecule has 0 bridgehead atoms. The molecule has 0 saturated carbocycles. The van der Waals surface area contributed by atoms with E-state index >= 15 is 0 Å². The zero-order valence-electron chi connectivity index (χ0n) is 12.7. The van der Waals surface area contributed by atoms with Gasteiger partial charge in [0.25, 0.3) is 0 Å². The van der Waals surface area contributed by atoms with Crippen LogP contribution in [-0.4, -0.2) is 25.0 Å². The molecule has 3 heterocycles. The second-order valence-corrected chi connectivity index (χ2v) is 7.30. The highest BCUT2D eigenvalue weighted by molar-refractivity contribution is 7.18. The molecule has 5 nitrogen and oxygen atoms in total. The van der Waals surface area contributed by atoms with Crippen LogP contribution in [0.4, 0.5) is 0 Å². The van der Waals surface area contributed by atoms with E-state index in [1.807, 2.05) is 40.3 Å². The lowest BCUT2D eigenvalue weighted by molar-refractivity contribution is 0.509. The standard InChI is InChI=1S/C17H15N5S/c1-10-6-7-11-14(8-10)23-17-15(11)16(18-9-19-17)22-13-5-3-2-4-12(13)20-21-22/h2-5,9-10H,6-8H2,1H3. The first kappa shape index (κ1) is 13.1. The number of fused-ring (bicyclic) bond motifs is 4. The Hall–Kier alpha value is -2.34. The van der Waals surface area contributed by atoms with Crippen LogP contribution in [0.15, 0.2) is 30.6 Å². The van der Waals surface area contributed by atoms with Crippen LogP contribution in [0, 0.1) is 5.92 Å². The Morgan fingerprint density at radius 2 is 2.13 bits per heavy atom. The van der Waals surface area contributed by atoms with Crippen molar-refractivity contribution in [1.29, 1.82) is 0 Å². The van der Waals surface area contributed by atoms with Crippen molar-refractivity contribution in [2.45, 2.75) is 26.2 Å². The predicted octanol–water partition coefficient (Wildman–Crippen LogP) is 3.55. The summed E-state index contributed by atoms with van der Waals surface area (Å²) in [6.07, 6.45) is 5.11. The van der Waals surface area contributed by atoms with Crippen molar-refractivity contribution in [2.24, 2.45) is 5.92 Å². The number of aryl methyl sites for hydroxylation is 1. The SMILES string of the molecule is CC1CCc2c(sc3ncnc(-n4nnc5ccccc54)c23)C1. The number of thiophene rings is 1. The van der Waals surface area contributed by atoms with Crippen molar-refractivity contribution in [3.05, 3.63) is 41.0 Å². The maximum atomic E-state index is 4.55. The number of hydrogen-bond donors (Lipinski definition) is 0. The minimum absolute atomic E-state index is 0.749. The second kappa shape index (κ2) is 4.83. The van der Waals surface area contributed by atoms with Crippen molar-refractivity contribution in [3.63, 3.8) is 0 Å². The first-order chi connectivity index (χ1) is 11.3. The van der Waals surface area contributed by atoms with Crippen LogP contribution in [0.25, 0.3) is 27.1 Å². The number of rotatable bonds is 1. The van der Waals surface area contributed by atoms with Crippen LogP contribution in [0.3, 0.4) is 0 Å². The Labute approximate surface area is 137 Å². The van der Waals surface area contributed by atoms with E-state index in [0.29, 0.717) is 0 Å². The van der Waals surface area contributed by atoms with Crippen LogP contribution in [0.5, 0.6) is 0 Å². The lowest BCUT2D eigenvalue weighted by atomic mass is 9.89. The van der Waals surface area contributed by atoms with Gasteiger partial charge in [-0.3, -0.25) is 0 Å². The third kappa shape index (κ3) is 1.91. The quantitative estimate of drug-likeness (QED) is 0.538. The summed E-state index contributed by atoms with van der Waals surface area (Å²) >= 11 is 1.81. The average molecular weight is 321 g/mol. The fourth-order valence-electron chi connectivity index (χ4n) is 3.44. The number of nitrogens with zero attached hydrogens (tertiary/aromatic N) is 5. The van der Waals surface area contributed by atoms with Gasteiger partial charge in [0.2, 0.25) is 0 Å². The Bertz CT molecular complexity index is 1030. The van der Waals surface area contributed by atoms with Gasteiger partial charge in [0.1, 0.15) is 16.7 Å². The Kier molecular flexibility index (Phi) is 2.76. The number of aromatic nitrogens is 5. The molecule has 0 saturated heterocycles. The molecule has 1 aliphatic carbocycles. The van der Waals surface area contributed by atoms with Crippen LogP contribution < -0.4 is 0 Å². The molecule has 4 aromatic rings. The third-order valence-corrected chi connectivity index (χ3v) is 5.79. The van der Waals surface area contributed by atoms with E-state index in [0.717, 1.165) is 45.8 Å². The molecule has 0 radical (unpaired) electrons. The molecule has 0 spiro atoms. The van der Waals surface area contributed by atoms with Gasteiger partial charge < -0.3 is 0 Å². The lowest BCUT2D eigenvalue weighted by Gasteiger charge is -2.18. The molecular weight excluding hydrogens is 306 g/mol. The van der Waals surface area contributed by atoms with Crippen LogP contribution in [-0.2, 0) is 12.8 Å². The summed E-state index contributed by atoms with van der Waals surface area (Å²) in [5.74, 6) is 1.61. The first-order valence-corrected chi connectivity index (χ1v) is 8.69. The van der Waals surface area contributed by atoms with E-state index in [1.165, 1.54) is 16.9 Å². The number of benzene rings is 1. The molecule has 23 heavy (non-hydrogen) atoms. The van der Waals surface area contributed by atoms with Gasteiger partial charge in [-0.2, -0.15) is 4.68 Å². The molecule has 1 aromatic carbocycles. The fraction of sp³-hybridized carbons (Fsp3) is 0.294. The van der Waals surface area contributed by atoms with Gasteiger partial charge in [-0.25, -0.2) is 9.97 Å². The van der Waals surface area contributed by atoms with Gasteiger partial charge in [-0.15, -0.1) is 16.4 Å². The van der Waals surface area contributed by atoms with Crippen molar-refractivity contribution in [2.75, 3.05) is 0 Å². The van der Waals surface area contributed by atoms with E-state index in [9.17, 15) is 0 Å². The summed E-state index contributed by atoms with van der Waals surface area (Å²) in [4.78, 5) is 11.6. The van der Waals surface area contributed by atoms with Crippen molar-refractivity contribution in [3.8, 4) is 5.82 Å². The van der Waals surface area contributed by atoms with Gasteiger partial charge >= 0.3 is 0 Å². The smallest absolute Gasteiger partial charge is 0.168 e. The molecule has 1 atom stereocenters. The summed E-state index contributed by atoms with van der Waals surface area (Å²) in [5.41, 5.74) is 3.28. The van der Waals surface area contributed by atoms with Gasteiger partial charge in [-0.1, -0.05) is 24.3 Å². The van der Waals surface area contributed by atoms with Gasteiger partial charge in [0.05, 0.1) is 10.9 Å². The molecule has 1 unspecified atom stereocenters. The first-order valence-electron chi connectivity index (χ1n) is 7.87. The Morgan fingerprint density at radius 1 is 1.22 bits per heavy atom. The Balaban J connectivity index is 1.82. The summed E-state index contributed by atoms with van der Waals surface area (Å²) < 4.78 is 1.85. The average Bonchev–Trinajstić information content (AvgIpc) is 3.15. The highest BCUT2D eigenvalue weighted by atomic mass is 32.1. The van der Waals surface area contributed by atoms with Crippen LogP contribution in [0.2, 0.25) is 0 Å². The highest BCUT2D eigenvalue weighted by Gasteiger charge is 2.24. The van der Waals surface area contributed by atoms with Crippen LogP contribution >= 0.6 is 11.3 Å². The van der Waals surface area contributed by atoms with Gasteiger partial charge in [0.15, 0.2) is 5.82 Å². The largest absolute Gasteiger partial charge is 0.225 e. The fourth-order valence-corrected chi connectivity index (χ4v) is 4.79. The summed E-state index contributed by atoms with van der Waals surface area (Å²) in [7, 11) is 0. The predicted molar refractivity (Wildman–Crippen MR) is 91.0 cm³/mol. The van der Waals surface area contributed by atoms with Gasteiger partial charge in [-0.05, 0) is 42.9 Å². The third-order valence-electron chi connectivity index (χ3n) is 4.62. The molecule has 6 heteroatoms. The maximum absolute atomic E-state index is 4.55. The topological polar surface area (TPSA) is 56.5 Å². The zero-order chi connectivity index (χ0) is 15.4. The van der Waals surface area contributed by atoms with E-state index in [-0.39, 0.29) is 0 Å². The minimum atomic E-state index is 0.749. The zero-order valence-corrected chi connectivity index (χ0v) is 13.5. The normalized spacial score (nSPS) is 17.7. The molecule has 114 valence electrons. The number of hydrogen-bond acceptors (Lipinski definition) is 5. The molecule has 0 fully saturated rings. The highest BCUT2D eigenvalue weighted by Crippen LogP contribution is 2.39. The van der Waals surface area contributed by atoms with Crippen molar-refractivity contribution >= 4 is 32.6 Å². The lowest BCUT2D eigenvalue weighted by Crippen LogP contribution is -2.09. The monoisotopic (exact) mass is 321 g/mol. The minimum Gasteiger partial charge on any atom is -0.225 e. The Morgan fingerprint density at radius 3 is 3.09 bits per heavy atom. The van der Waals surface area contributed by atoms with E-state index in [2.05, 4.69) is 27.2 Å². The summed E-state index contributed by atoms with van der Waals surface area (Å²) in [6.45, 7) is 2.32. The van der Waals surface area contributed by atoms with Gasteiger partial charge in [0, 0.05) is 4.88 Å². The van der Waals surface area contributed by atoms with E-state index in [4.69, 9.17) is 0 Å². The molecule has 3 aromatic heterocycles. The maximum Gasteiger partial charge on any atom is 0.168 e. The van der Waals surface area contributed by atoms with Crippen molar-refractivity contribution in [1.82, 2.24) is 25.0 Å². The molecule has 0 N–H and O–H groups in total. The molecular formula is C17H15N5S. The summed E-state index contributed by atoms with van der Waals surface area (Å²) in [5, 5.41) is 9.77. The number of para-hydroxylation sites is 1. The van der Waals surface area contributed by atoms with E-state index < -0.39 is 0 Å². The summed E-state index contributed by atoms with van der Waals surface area (Å²) in [6, 6.07) is 7.99. The van der Waals surface area contributed by atoms with Crippen LogP contribution in [0.1, 0.15) is 23.8 Å². The van der Waals surface area contributed by atoms with E-state index in [1.54, 1.807) is 6.33 Å².